The molecule has 1 aromatic rings. The van der Waals surface area contributed by atoms with Crippen LogP contribution in [-0.4, -0.2) is 17.4 Å². The summed E-state index contributed by atoms with van der Waals surface area (Å²) >= 11 is 5.91. The highest BCUT2D eigenvalue weighted by atomic mass is 35.5. The highest BCUT2D eigenvalue weighted by Gasteiger charge is 2.25. The number of nitrogens with zero attached hydrogens (tertiary/aromatic N) is 1. The predicted octanol–water partition coefficient (Wildman–Crippen LogP) is 2.44. The van der Waals surface area contributed by atoms with Crippen molar-refractivity contribution in [1.82, 2.24) is 4.98 Å². The molecule has 98 valence electrons. The summed E-state index contributed by atoms with van der Waals surface area (Å²) in [6.45, 7) is 0.725. The molecule has 1 heterocycles. The van der Waals surface area contributed by atoms with Gasteiger partial charge in [0.05, 0.1) is 5.69 Å². The van der Waals surface area contributed by atoms with Gasteiger partial charge in [0.25, 0.3) is 0 Å². The summed E-state index contributed by atoms with van der Waals surface area (Å²) in [5, 5.41) is 3.18. The van der Waals surface area contributed by atoms with E-state index in [9.17, 15) is 4.79 Å². The van der Waals surface area contributed by atoms with Crippen LogP contribution >= 0.6 is 11.6 Å². The second-order valence-electron chi connectivity index (χ2n) is 4.78. The quantitative estimate of drug-likeness (QED) is 0.827. The lowest BCUT2D eigenvalue weighted by Gasteiger charge is -2.26. The summed E-state index contributed by atoms with van der Waals surface area (Å²) in [6, 6.07) is 3.52. The normalized spacial score (nSPS) is 23.7. The Morgan fingerprint density at radius 3 is 2.78 bits per heavy atom. The zero-order valence-corrected chi connectivity index (χ0v) is 11.0. The molecule has 4 nitrogen and oxygen atoms in total. The largest absolute Gasteiger partial charge is 0.330 e. The fraction of sp³-hybridized carbons (Fsp3) is 0.538. The van der Waals surface area contributed by atoms with Crippen LogP contribution in [0, 0.1) is 11.8 Å². The van der Waals surface area contributed by atoms with Gasteiger partial charge in [0.15, 0.2) is 5.15 Å². The molecule has 1 amide bonds. The molecule has 0 aliphatic heterocycles. The molecule has 1 aromatic heterocycles. The van der Waals surface area contributed by atoms with Gasteiger partial charge in [0, 0.05) is 12.1 Å². The van der Waals surface area contributed by atoms with Crippen molar-refractivity contribution in [3.8, 4) is 0 Å². The Morgan fingerprint density at radius 1 is 1.44 bits per heavy atom. The Bertz CT molecular complexity index is 416. The molecule has 0 bridgehead atoms. The molecular weight excluding hydrogens is 250 g/mol. The molecule has 0 radical (unpaired) electrons. The summed E-state index contributed by atoms with van der Waals surface area (Å²) < 4.78 is 0. The molecule has 0 aromatic carbocycles. The Morgan fingerprint density at radius 2 is 2.17 bits per heavy atom. The first kappa shape index (κ1) is 13.3. The van der Waals surface area contributed by atoms with Crippen molar-refractivity contribution in [3.05, 3.63) is 23.5 Å². The maximum absolute atomic E-state index is 12.1. The number of pyridine rings is 1. The smallest absolute Gasteiger partial charge is 0.227 e. The highest BCUT2D eigenvalue weighted by Crippen LogP contribution is 2.29. The van der Waals surface area contributed by atoms with Crippen molar-refractivity contribution < 1.29 is 4.79 Å². The van der Waals surface area contributed by atoms with Gasteiger partial charge in [-0.3, -0.25) is 4.79 Å². The molecule has 3 N–H and O–H groups in total. The fourth-order valence-electron chi connectivity index (χ4n) is 2.37. The van der Waals surface area contributed by atoms with Gasteiger partial charge in [0.2, 0.25) is 5.91 Å². The van der Waals surface area contributed by atoms with E-state index in [1.54, 1.807) is 18.3 Å². The number of hydrogen-bond acceptors (Lipinski definition) is 3. The Labute approximate surface area is 112 Å². The number of nitrogens with two attached hydrogens (primary N) is 1. The van der Waals surface area contributed by atoms with E-state index >= 15 is 0 Å². The molecule has 0 unspecified atom stereocenters. The lowest BCUT2D eigenvalue weighted by molar-refractivity contribution is -0.121. The minimum absolute atomic E-state index is 0.0420. The number of rotatable bonds is 3. The third-order valence-electron chi connectivity index (χ3n) is 3.57. The second-order valence-corrected chi connectivity index (χ2v) is 5.14. The third kappa shape index (κ3) is 3.21. The molecule has 0 saturated heterocycles. The summed E-state index contributed by atoms with van der Waals surface area (Å²) in [6.07, 6.45) is 5.49. The zero-order valence-electron chi connectivity index (χ0n) is 10.2. The van der Waals surface area contributed by atoms with Crippen molar-refractivity contribution in [3.63, 3.8) is 0 Å². The Balaban J connectivity index is 1.91. The van der Waals surface area contributed by atoms with Gasteiger partial charge in [0.1, 0.15) is 0 Å². The van der Waals surface area contributed by atoms with Gasteiger partial charge >= 0.3 is 0 Å². The van der Waals surface area contributed by atoms with E-state index in [1.807, 2.05) is 0 Å². The van der Waals surface area contributed by atoms with Crippen molar-refractivity contribution in [2.75, 3.05) is 11.9 Å². The van der Waals surface area contributed by atoms with Crippen molar-refractivity contribution in [1.29, 1.82) is 0 Å². The molecule has 5 heteroatoms. The minimum atomic E-state index is 0.0420. The first-order chi connectivity index (χ1) is 8.70. The van der Waals surface area contributed by atoms with Gasteiger partial charge in [-0.15, -0.1) is 0 Å². The van der Waals surface area contributed by atoms with E-state index < -0.39 is 0 Å². The average molecular weight is 268 g/mol. The van der Waals surface area contributed by atoms with Crippen LogP contribution < -0.4 is 11.1 Å². The number of anilines is 1. The van der Waals surface area contributed by atoms with Gasteiger partial charge < -0.3 is 11.1 Å². The standard InChI is InChI=1S/C13H18ClN3O/c14-12-11(2-1-7-16-12)17-13(18)10-5-3-9(8-15)4-6-10/h1-2,7,9-10H,3-6,8,15H2,(H,17,18). The van der Waals surface area contributed by atoms with Crippen molar-refractivity contribution in [2.24, 2.45) is 17.6 Å². The van der Waals surface area contributed by atoms with Crippen LogP contribution in [0.5, 0.6) is 0 Å². The van der Waals surface area contributed by atoms with Crippen LogP contribution in [0.25, 0.3) is 0 Å². The molecule has 1 aliphatic rings. The van der Waals surface area contributed by atoms with Crippen LogP contribution in [0.1, 0.15) is 25.7 Å². The van der Waals surface area contributed by atoms with Crippen LogP contribution in [0.2, 0.25) is 5.15 Å². The molecule has 0 spiro atoms. The average Bonchev–Trinajstić information content (AvgIpc) is 2.41. The van der Waals surface area contributed by atoms with E-state index in [0.717, 1.165) is 32.2 Å². The molecule has 0 atom stereocenters. The maximum atomic E-state index is 12.1. The predicted molar refractivity (Wildman–Crippen MR) is 72.4 cm³/mol. The number of carbonyl (C=O) groups excluding carboxylic acids is 1. The molecule has 1 saturated carbocycles. The lowest BCUT2D eigenvalue weighted by Crippen LogP contribution is -2.29. The first-order valence-electron chi connectivity index (χ1n) is 6.32. The summed E-state index contributed by atoms with van der Waals surface area (Å²) in [7, 11) is 0. The van der Waals surface area contributed by atoms with E-state index in [1.165, 1.54) is 0 Å². The van der Waals surface area contributed by atoms with Gasteiger partial charge in [-0.1, -0.05) is 11.6 Å². The summed E-state index contributed by atoms with van der Waals surface area (Å²) in [4.78, 5) is 16.0. The van der Waals surface area contributed by atoms with Crippen LogP contribution in [-0.2, 0) is 4.79 Å². The molecule has 2 rings (SSSR count). The van der Waals surface area contributed by atoms with Crippen LogP contribution in [0.4, 0.5) is 5.69 Å². The first-order valence-corrected chi connectivity index (χ1v) is 6.70. The zero-order chi connectivity index (χ0) is 13.0. The third-order valence-corrected chi connectivity index (χ3v) is 3.87. The topological polar surface area (TPSA) is 68.0 Å². The van der Waals surface area contributed by atoms with Crippen LogP contribution in [0.3, 0.4) is 0 Å². The number of carbonyl (C=O) groups is 1. The monoisotopic (exact) mass is 267 g/mol. The second kappa shape index (κ2) is 6.16. The molecule has 1 aliphatic carbocycles. The molecule has 1 fully saturated rings. The van der Waals surface area contributed by atoms with Gasteiger partial charge in [-0.2, -0.15) is 0 Å². The van der Waals surface area contributed by atoms with Crippen LogP contribution in [0.15, 0.2) is 18.3 Å². The molecule has 18 heavy (non-hydrogen) atoms. The number of halogens is 1. The van der Waals surface area contributed by atoms with E-state index in [4.69, 9.17) is 17.3 Å². The SMILES string of the molecule is NCC1CCC(C(=O)Nc2cccnc2Cl)CC1. The Kier molecular flexibility index (Phi) is 4.55. The van der Waals surface area contributed by atoms with E-state index in [-0.39, 0.29) is 11.8 Å². The summed E-state index contributed by atoms with van der Waals surface area (Å²) in [5.41, 5.74) is 6.23. The fourth-order valence-corrected chi connectivity index (χ4v) is 2.54. The lowest BCUT2D eigenvalue weighted by atomic mass is 9.81. The molecular formula is C13H18ClN3O. The minimum Gasteiger partial charge on any atom is -0.330 e. The Hall–Kier alpha value is -1.13. The number of aromatic nitrogens is 1. The van der Waals surface area contributed by atoms with Crippen molar-refractivity contribution >= 4 is 23.2 Å². The number of nitrogens with one attached hydrogen (secondary N) is 1. The van der Waals surface area contributed by atoms with Gasteiger partial charge in [-0.05, 0) is 50.3 Å². The number of amides is 1. The highest BCUT2D eigenvalue weighted by molar-refractivity contribution is 6.32. The maximum Gasteiger partial charge on any atom is 0.227 e. The van der Waals surface area contributed by atoms with Gasteiger partial charge in [-0.25, -0.2) is 4.98 Å². The number of hydrogen-bond donors (Lipinski definition) is 2. The van der Waals surface area contributed by atoms with E-state index in [2.05, 4.69) is 10.3 Å². The van der Waals surface area contributed by atoms with Crippen molar-refractivity contribution in [2.45, 2.75) is 25.7 Å². The summed E-state index contributed by atoms with van der Waals surface area (Å²) in [5.74, 6) is 0.695. The van der Waals surface area contributed by atoms with E-state index in [0.29, 0.717) is 16.8 Å².